The van der Waals surface area contributed by atoms with Crippen molar-refractivity contribution in [2.75, 3.05) is 19.0 Å². The van der Waals surface area contributed by atoms with Crippen molar-refractivity contribution >= 4 is 11.8 Å². The molecule has 1 aliphatic heterocycles. The summed E-state index contributed by atoms with van der Waals surface area (Å²) in [6.07, 6.45) is 0. The minimum absolute atomic E-state index is 0.849. The van der Waals surface area contributed by atoms with Crippen molar-refractivity contribution in [1.29, 1.82) is 0 Å². The Balaban J connectivity index is 2.28. The molecule has 10 heavy (non-hydrogen) atoms. The van der Waals surface area contributed by atoms with Gasteiger partial charge < -0.3 is 0 Å². The summed E-state index contributed by atoms with van der Waals surface area (Å²) in [5.41, 5.74) is 0. The summed E-state index contributed by atoms with van der Waals surface area (Å²) in [6.45, 7) is 9.39. The second kappa shape index (κ2) is 3.63. The van der Waals surface area contributed by atoms with Gasteiger partial charge in [-0.1, -0.05) is 20.8 Å². The first kappa shape index (κ1) is 8.41. The van der Waals surface area contributed by atoms with Crippen LogP contribution in [0.15, 0.2) is 0 Å². The highest BCUT2D eigenvalue weighted by atomic mass is 32.2. The average molecular weight is 159 g/mol. The van der Waals surface area contributed by atoms with Crippen molar-refractivity contribution in [1.82, 2.24) is 4.90 Å². The molecule has 0 amide bonds. The van der Waals surface area contributed by atoms with Gasteiger partial charge in [-0.15, -0.1) is 11.8 Å². The number of rotatable bonds is 2. The predicted molar refractivity (Wildman–Crippen MR) is 48.3 cm³/mol. The molecule has 0 aromatic carbocycles. The second-order valence-corrected chi connectivity index (χ2v) is 4.44. The molecular weight excluding hydrogens is 142 g/mol. The van der Waals surface area contributed by atoms with Gasteiger partial charge in [0, 0.05) is 17.7 Å². The molecule has 1 atom stereocenters. The van der Waals surface area contributed by atoms with Gasteiger partial charge in [0.1, 0.15) is 0 Å². The Morgan fingerprint density at radius 2 is 2.30 bits per heavy atom. The number of nitrogens with zero attached hydrogens (tertiary/aromatic N) is 1. The van der Waals surface area contributed by atoms with Crippen molar-refractivity contribution in [2.45, 2.75) is 26.0 Å². The smallest absolute Gasteiger partial charge is 0.0447 e. The lowest BCUT2D eigenvalue weighted by Gasteiger charge is -2.13. The summed E-state index contributed by atoms with van der Waals surface area (Å²) in [4.78, 5) is 2.51. The van der Waals surface area contributed by atoms with Gasteiger partial charge >= 0.3 is 0 Å². The molecule has 1 unspecified atom stereocenters. The number of hydrogen-bond donors (Lipinski definition) is 0. The Hall–Kier alpha value is 0.310. The molecule has 1 fully saturated rings. The Kier molecular flexibility index (Phi) is 3.05. The monoisotopic (exact) mass is 159 g/mol. The van der Waals surface area contributed by atoms with Crippen LogP contribution in [0.1, 0.15) is 20.8 Å². The molecule has 0 bridgehead atoms. The van der Waals surface area contributed by atoms with Crippen LogP contribution in [0.2, 0.25) is 0 Å². The minimum Gasteiger partial charge on any atom is -0.293 e. The molecule has 0 N–H and O–H groups in total. The third kappa shape index (κ3) is 1.89. The number of thioether (sulfide) groups is 1. The third-order valence-electron chi connectivity index (χ3n) is 2.10. The molecule has 0 aromatic rings. The molecule has 0 spiro atoms. The van der Waals surface area contributed by atoms with E-state index in [4.69, 9.17) is 0 Å². The van der Waals surface area contributed by atoms with E-state index in [-0.39, 0.29) is 0 Å². The standard InChI is InChI=1S/C8H17NS/c1-4-9-5-8(7(2)3)10-6-9/h7-8H,4-6H2,1-3H3. The maximum absolute atomic E-state index is 2.51. The van der Waals surface area contributed by atoms with Crippen molar-refractivity contribution in [3.63, 3.8) is 0 Å². The Morgan fingerprint density at radius 1 is 1.60 bits per heavy atom. The highest BCUT2D eigenvalue weighted by molar-refractivity contribution is 8.00. The molecule has 0 aliphatic carbocycles. The van der Waals surface area contributed by atoms with E-state index in [9.17, 15) is 0 Å². The SMILES string of the molecule is CCN1CSC(C(C)C)C1. The zero-order valence-electron chi connectivity index (χ0n) is 7.13. The zero-order chi connectivity index (χ0) is 7.56. The summed E-state index contributed by atoms with van der Waals surface area (Å²) < 4.78 is 0. The van der Waals surface area contributed by atoms with Crippen LogP contribution in [0.3, 0.4) is 0 Å². The van der Waals surface area contributed by atoms with Crippen molar-refractivity contribution in [3.8, 4) is 0 Å². The largest absolute Gasteiger partial charge is 0.293 e. The average Bonchev–Trinajstić information content (AvgIpc) is 2.34. The van der Waals surface area contributed by atoms with Crippen LogP contribution in [0.5, 0.6) is 0 Å². The van der Waals surface area contributed by atoms with E-state index in [0.29, 0.717) is 0 Å². The fraction of sp³-hybridized carbons (Fsp3) is 1.00. The van der Waals surface area contributed by atoms with Crippen LogP contribution in [-0.4, -0.2) is 29.1 Å². The summed E-state index contributed by atoms with van der Waals surface area (Å²) in [5, 5.41) is 0.889. The van der Waals surface area contributed by atoms with Crippen molar-refractivity contribution in [2.24, 2.45) is 5.92 Å². The Morgan fingerprint density at radius 3 is 2.60 bits per heavy atom. The summed E-state index contributed by atoms with van der Waals surface area (Å²) in [6, 6.07) is 0. The lowest BCUT2D eigenvalue weighted by atomic mass is 10.1. The molecule has 60 valence electrons. The van der Waals surface area contributed by atoms with Gasteiger partial charge in [0.2, 0.25) is 0 Å². The first-order chi connectivity index (χ1) is 4.74. The van der Waals surface area contributed by atoms with E-state index >= 15 is 0 Å². The topological polar surface area (TPSA) is 3.24 Å². The Bertz CT molecular complexity index is 103. The molecule has 1 saturated heterocycles. The Labute approximate surface area is 68.2 Å². The highest BCUT2D eigenvalue weighted by Gasteiger charge is 2.23. The fourth-order valence-electron chi connectivity index (χ4n) is 1.18. The van der Waals surface area contributed by atoms with Gasteiger partial charge in [-0.25, -0.2) is 0 Å². The van der Waals surface area contributed by atoms with Crippen LogP contribution >= 0.6 is 11.8 Å². The molecule has 1 heterocycles. The van der Waals surface area contributed by atoms with Crippen LogP contribution in [0.4, 0.5) is 0 Å². The van der Waals surface area contributed by atoms with Crippen LogP contribution < -0.4 is 0 Å². The maximum Gasteiger partial charge on any atom is 0.0447 e. The third-order valence-corrected chi connectivity index (χ3v) is 3.74. The molecule has 2 heteroatoms. The minimum atomic E-state index is 0.849. The lowest BCUT2D eigenvalue weighted by Crippen LogP contribution is -2.23. The molecule has 0 saturated carbocycles. The normalized spacial score (nSPS) is 28.2. The van der Waals surface area contributed by atoms with Crippen LogP contribution in [0, 0.1) is 5.92 Å². The summed E-state index contributed by atoms with van der Waals surface area (Å²) in [7, 11) is 0. The first-order valence-corrected chi connectivity index (χ1v) is 5.13. The molecular formula is C8H17NS. The predicted octanol–water partition coefficient (Wildman–Crippen LogP) is 2.04. The van der Waals surface area contributed by atoms with Crippen LogP contribution in [-0.2, 0) is 0 Å². The van der Waals surface area contributed by atoms with E-state index in [2.05, 4.69) is 37.4 Å². The van der Waals surface area contributed by atoms with Gasteiger partial charge in [-0.05, 0) is 12.5 Å². The van der Waals surface area contributed by atoms with Gasteiger partial charge in [-0.3, -0.25) is 4.90 Å². The molecule has 1 nitrogen and oxygen atoms in total. The summed E-state index contributed by atoms with van der Waals surface area (Å²) >= 11 is 2.11. The molecule has 1 aliphatic rings. The summed E-state index contributed by atoms with van der Waals surface area (Å²) in [5.74, 6) is 2.10. The molecule has 0 aromatic heterocycles. The van der Waals surface area contributed by atoms with Crippen LogP contribution in [0.25, 0.3) is 0 Å². The maximum atomic E-state index is 2.51. The highest BCUT2D eigenvalue weighted by Crippen LogP contribution is 2.27. The quantitative estimate of drug-likeness (QED) is 0.606. The first-order valence-electron chi connectivity index (χ1n) is 4.08. The lowest BCUT2D eigenvalue weighted by molar-refractivity contribution is 0.343. The number of hydrogen-bond acceptors (Lipinski definition) is 2. The van der Waals surface area contributed by atoms with Gasteiger partial charge in [0.25, 0.3) is 0 Å². The van der Waals surface area contributed by atoms with E-state index in [1.807, 2.05) is 0 Å². The van der Waals surface area contributed by atoms with Crippen molar-refractivity contribution < 1.29 is 0 Å². The molecule has 1 rings (SSSR count). The van der Waals surface area contributed by atoms with E-state index in [0.717, 1.165) is 11.2 Å². The van der Waals surface area contributed by atoms with E-state index in [1.54, 1.807) is 0 Å². The molecule has 0 radical (unpaired) electrons. The zero-order valence-corrected chi connectivity index (χ0v) is 7.95. The van der Waals surface area contributed by atoms with E-state index in [1.165, 1.54) is 19.0 Å². The van der Waals surface area contributed by atoms with Crippen molar-refractivity contribution in [3.05, 3.63) is 0 Å². The van der Waals surface area contributed by atoms with Gasteiger partial charge in [0.15, 0.2) is 0 Å². The van der Waals surface area contributed by atoms with E-state index < -0.39 is 0 Å². The van der Waals surface area contributed by atoms with Gasteiger partial charge in [0.05, 0.1) is 0 Å². The van der Waals surface area contributed by atoms with Gasteiger partial charge in [-0.2, -0.15) is 0 Å². The fourth-order valence-corrected chi connectivity index (χ4v) is 2.58. The second-order valence-electron chi connectivity index (χ2n) is 3.25.